The molecular weight excluding hydrogens is 214 g/mol. The van der Waals surface area contributed by atoms with E-state index in [1.54, 1.807) is 0 Å². The van der Waals surface area contributed by atoms with Crippen molar-refractivity contribution in [2.75, 3.05) is 11.9 Å². The minimum absolute atomic E-state index is 0.395. The van der Waals surface area contributed by atoms with Crippen LogP contribution < -0.4 is 10.1 Å². The average Bonchev–Trinajstić information content (AvgIpc) is 2.25. The first-order valence-corrected chi connectivity index (χ1v) is 6.31. The SMILES string of the molecule is CCOc1cc(C)nc(NC(CC)C(C)C)n1. The van der Waals surface area contributed by atoms with E-state index in [9.17, 15) is 0 Å². The summed E-state index contributed by atoms with van der Waals surface area (Å²) in [6.45, 7) is 11.1. The Morgan fingerprint density at radius 1 is 1.29 bits per heavy atom. The summed E-state index contributed by atoms with van der Waals surface area (Å²) >= 11 is 0. The molecule has 17 heavy (non-hydrogen) atoms. The summed E-state index contributed by atoms with van der Waals surface area (Å²) in [5.74, 6) is 1.86. The Morgan fingerprint density at radius 2 is 2.00 bits per heavy atom. The molecule has 0 aliphatic carbocycles. The maximum atomic E-state index is 5.41. The van der Waals surface area contributed by atoms with Gasteiger partial charge in [-0.25, -0.2) is 4.98 Å². The largest absolute Gasteiger partial charge is 0.478 e. The van der Waals surface area contributed by atoms with Gasteiger partial charge in [-0.2, -0.15) is 4.98 Å². The van der Waals surface area contributed by atoms with Crippen LogP contribution >= 0.6 is 0 Å². The summed E-state index contributed by atoms with van der Waals surface area (Å²) < 4.78 is 5.41. The number of hydrogen-bond acceptors (Lipinski definition) is 4. The molecule has 1 unspecified atom stereocenters. The zero-order chi connectivity index (χ0) is 12.8. The van der Waals surface area contributed by atoms with E-state index in [1.807, 2.05) is 19.9 Å². The van der Waals surface area contributed by atoms with Crippen molar-refractivity contribution in [3.63, 3.8) is 0 Å². The monoisotopic (exact) mass is 237 g/mol. The number of nitrogens with one attached hydrogen (secondary N) is 1. The predicted octanol–water partition coefficient (Wildman–Crippen LogP) is 3.03. The van der Waals surface area contributed by atoms with Gasteiger partial charge in [0.2, 0.25) is 11.8 Å². The molecular formula is C13H23N3O. The first kappa shape index (κ1) is 13.7. The van der Waals surface area contributed by atoms with Crippen LogP contribution in [0.1, 0.15) is 39.8 Å². The van der Waals surface area contributed by atoms with Crippen molar-refractivity contribution < 1.29 is 4.74 Å². The summed E-state index contributed by atoms with van der Waals surface area (Å²) in [7, 11) is 0. The zero-order valence-corrected chi connectivity index (χ0v) is 11.4. The van der Waals surface area contributed by atoms with Crippen LogP contribution in [0.5, 0.6) is 5.88 Å². The highest BCUT2D eigenvalue weighted by atomic mass is 16.5. The Hall–Kier alpha value is -1.32. The lowest BCUT2D eigenvalue weighted by Crippen LogP contribution is -2.26. The van der Waals surface area contributed by atoms with Crippen molar-refractivity contribution in [2.45, 2.75) is 47.1 Å². The summed E-state index contributed by atoms with van der Waals surface area (Å²) in [5, 5.41) is 3.37. The summed E-state index contributed by atoms with van der Waals surface area (Å²) in [5.41, 5.74) is 0.921. The number of hydrogen-bond donors (Lipinski definition) is 1. The van der Waals surface area contributed by atoms with Crippen LogP contribution in [0.4, 0.5) is 5.95 Å². The topological polar surface area (TPSA) is 47.0 Å². The third-order valence-corrected chi connectivity index (χ3v) is 2.68. The van der Waals surface area contributed by atoms with Gasteiger partial charge in [0, 0.05) is 17.8 Å². The van der Waals surface area contributed by atoms with Gasteiger partial charge in [-0.3, -0.25) is 0 Å². The number of aryl methyl sites for hydroxylation is 1. The van der Waals surface area contributed by atoms with Gasteiger partial charge in [0.05, 0.1) is 6.61 Å². The smallest absolute Gasteiger partial charge is 0.226 e. The highest BCUT2D eigenvalue weighted by molar-refractivity contribution is 5.31. The van der Waals surface area contributed by atoms with Crippen LogP contribution in [-0.2, 0) is 0 Å². The molecule has 0 amide bonds. The van der Waals surface area contributed by atoms with E-state index in [0.29, 0.717) is 30.4 Å². The maximum Gasteiger partial charge on any atom is 0.226 e. The quantitative estimate of drug-likeness (QED) is 0.826. The second-order valence-corrected chi connectivity index (χ2v) is 4.51. The molecule has 0 spiro atoms. The standard InChI is InChI=1S/C13H23N3O/c1-6-11(9(3)4)15-13-14-10(5)8-12(16-13)17-7-2/h8-9,11H,6-7H2,1-5H3,(H,14,15,16). The molecule has 4 heteroatoms. The fraction of sp³-hybridized carbons (Fsp3) is 0.692. The highest BCUT2D eigenvalue weighted by Crippen LogP contribution is 2.16. The van der Waals surface area contributed by atoms with Gasteiger partial charge >= 0.3 is 0 Å². The fourth-order valence-corrected chi connectivity index (χ4v) is 1.73. The normalized spacial score (nSPS) is 12.6. The van der Waals surface area contributed by atoms with Crippen LogP contribution in [0.3, 0.4) is 0 Å². The number of nitrogens with zero attached hydrogens (tertiary/aromatic N) is 2. The first-order chi connectivity index (χ1) is 8.06. The van der Waals surface area contributed by atoms with Gasteiger partial charge < -0.3 is 10.1 Å². The number of rotatable bonds is 6. The summed E-state index contributed by atoms with van der Waals surface area (Å²) in [4.78, 5) is 8.73. The van der Waals surface area contributed by atoms with E-state index >= 15 is 0 Å². The Balaban J connectivity index is 2.82. The zero-order valence-electron chi connectivity index (χ0n) is 11.4. The number of anilines is 1. The van der Waals surface area contributed by atoms with E-state index in [-0.39, 0.29) is 0 Å². The van der Waals surface area contributed by atoms with Crippen LogP contribution in [-0.4, -0.2) is 22.6 Å². The van der Waals surface area contributed by atoms with Crippen LogP contribution in [0.15, 0.2) is 6.07 Å². The molecule has 0 saturated carbocycles. The Kier molecular flexibility index (Phi) is 5.19. The minimum atomic E-state index is 0.395. The van der Waals surface area contributed by atoms with Gasteiger partial charge in [0.15, 0.2) is 0 Å². The van der Waals surface area contributed by atoms with E-state index < -0.39 is 0 Å². The molecule has 0 aliphatic rings. The molecule has 1 atom stereocenters. The van der Waals surface area contributed by atoms with Gasteiger partial charge in [-0.15, -0.1) is 0 Å². The van der Waals surface area contributed by atoms with Crippen LogP contribution in [0.25, 0.3) is 0 Å². The van der Waals surface area contributed by atoms with Gasteiger partial charge in [-0.1, -0.05) is 20.8 Å². The maximum absolute atomic E-state index is 5.41. The Labute approximate surface area is 104 Å². The third-order valence-electron chi connectivity index (χ3n) is 2.68. The molecule has 4 nitrogen and oxygen atoms in total. The molecule has 96 valence electrons. The second-order valence-electron chi connectivity index (χ2n) is 4.51. The van der Waals surface area contributed by atoms with E-state index in [4.69, 9.17) is 4.74 Å². The molecule has 0 bridgehead atoms. The van der Waals surface area contributed by atoms with E-state index in [1.165, 1.54) is 0 Å². The van der Waals surface area contributed by atoms with E-state index in [2.05, 4.69) is 36.1 Å². The molecule has 0 aliphatic heterocycles. The van der Waals surface area contributed by atoms with E-state index in [0.717, 1.165) is 12.1 Å². The molecule has 1 aromatic heterocycles. The molecule has 1 aromatic rings. The molecule has 0 saturated heterocycles. The highest BCUT2D eigenvalue weighted by Gasteiger charge is 2.12. The Bertz CT molecular complexity index is 353. The summed E-state index contributed by atoms with van der Waals surface area (Å²) in [6.07, 6.45) is 1.05. The van der Waals surface area contributed by atoms with Gasteiger partial charge in [0.25, 0.3) is 0 Å². The molecule has 1 heterocycles. The van der Waals surface area contributed by atoms with Gasteiger partial charge in [-0.05, 0) is 26.2 Å². The lowest BCUT2D eigenvalue weighted by atomic mass is 10.0. The number of aromatic nitrogens is 2. The van der Waals surface area contributed by atoms with Crippen molar-refractivity contribution in [1.29, 1.82) is 0 Å². The minimum Gasteiger partial charge on any atom is -0.478 e. The molecule has 0 aromatic carbocycles. The Morgan fingerprint density at radius 3 is 2.53 bits per heavy atom. The molecule has 0 radical (unpaired) electrons. The lowest BCUT2D eigenvalue weighted by Gasteiger charge is -2.21. The van der Waals surface area contributed by atoms with Crippen molar-refractivity contribution in [1.82, 2.24) is 9.97 Å². The first-order valence-electron chi connectivity index (χ1n) is 6.31. The lowest BCUT2D eigenvalue weighted by molar-refractivity contribution is 0.326. The molecule has 0 fully saturated rings. The van der Waals surface area contributed by atoms with Crippen LogP contribution in [0.2, 0.25) is 0 Å². The van der Waals surface area contributed by atoms with Crippen molar-refractivity contribution in [3.05, 3.63) is 11.8 Å². The van der Waals surface area contributed by atoms with Crippen LogP contribution in [0, 0.1) is 12.8 Å². The van der Waals surface area contributed by atoms with Crippen molar-refractivity contribution >= 4 is 5.95 Å². The second kappa shape index (κ2) is 6.42. The number of ether oxygens (including phenoxy) is 1. The summed E-state index contributed by atoms with van der Waals surface area (Å²) in [6, 6.07) is 2.25. The van der Waals surface area contributed by atoms with Crippen molar-refractivity contribution in [3.8, 4) is 5.88 Å². The van der Waals surface area contributed by atoms with Gasteiger partial charge in [0.1, 0.15) is 0 Å². The molecule has 1 rings (SSSR count). The molecule has 1 N–H and O–H groups in total. The van der Waals surface area contributed by atoms with Crippen molar-refractivity contribution in [2.24, 2.45) is 5.92 Å². The average molecular weight is 237 g/mol. The predicted molar refractivity (Wildman–Crippen MR) is 70.5 cm³/mol. The third kappa shape index (κ3) is 4.21. The fourth-order valence-electron chi connectivity index (χ4n) is 1.73.